The minimum atomic E-state index is 0. The van der Waals surface area contributed by atoms with Gasteiger partial charge >= 0.3 is 0 Å². The summed E-state index contributed by atoms with van der Waals surface area (Å²) in [5.74, 6) is 2.15. The highest BCUT2D eigenvalue weighted by molar-refractivity contribution is 6.07. The normalized spacial score (nSPS) is 14.1. The summed E-state index contributed by atoms with van der Waals surface area (Å²) in [5, 5.41) is 0. The predicted molar refractivity (Wildman–Crippen MR) is 81.9 cm³/mol. The molecule has 3 nitrogen and oxygen atoms in total. The Morgan fingerprint density at radius 1 is 1.00 bits per heavy atom. The molecule has 0 fully saturated rings. The van der Waals surface area contributed by atoms with Gasteiger partial charge in [0.2, 0.25) is 0 Å². The van der Waals surface area contributed by atoms with Crippen LogP contribution in [0.3, 0.4) is 0 Å². The van der Waals surface area contributed by atoms with Gasteiger partial charge in [0.05, 0.1) is 19.7 Å². The molecule has 1 aliphatic rings. The van der Waals surface area contributed by atoms with Gasteiger partial charge in [-0.15, -0.1) is 0 Å². The van der Waals surface area contributed by atoms with Crippen LogP contribution in [0.5, 0.6) is 5.75 Å². The Labute approximate surface area is 136 Å². The Bertz CT molecular complexity index is 623. The van der Waals surface area contributed by atoms with Crippen molar-refractivity contribution in [3.05, 3.63) is 60.2 Å². The maximum atomic E-state index is 5.23. The average Bonchev–Trinajstić information content (AvgIpc) is 2.90. The first-order chi connectivity index (χ1) is 9.79. The van der Waals surface area contributed by atoms with Crippen molar-refractivity contribution in [2.45, 2.75) is 0 Å². The van der Waals surface area contributed by atoms with Crippen molar-refractivity contribution >= 4 is 11.5 Å². The third-order valence-corrected chi connectivity index (χ3v) is 3.69. The van der Waals surface area contributed by atoms with E-state index in [1.807, 2.05) is 12.1 Å². The Balaban J connectivity index is 0.00000161. The van der Waals surface area contributed by atoms with Crippen LogP contribution in [0.4, 0.5) is 5.69 Å². The van der Waals surface area contributed by atoms with E-state index in [-0.39, 0.29) is 17.0 Å². The number of amidine groups is 1. The highest BCUT2D eigenvalue weighted by atomic mass is 79.9. The molecule has 0 radical (unpaired) electrons. The van der Waals surface area contributed by atoms with Crippen molar-refractivity contribution in [1.29, 1.82) is 0 Å². The van der Waals surface area contributed by atoms with Gasteiger partial charge in [0, 0.05) is 0 Å². The number of methoxy groups -OCH3 is 1. The van der Waals surface area contributed by atoms with Gasteiger partial charge in [-0.25, -0.2) is 4.90 Å². The number of anilines is 1. The second-order valence-electron chi connectivity index (χ2n) is 4.96. The predicted octanol–water partition coefficient (Wildman–Crippen LogP) is -0.392. The number of ether oxygens (including phenoxy) is 1. The van der Waals surface area contributed by atoms with Gasteiger partial charge in [0.1, 0.15) is 24.5 Å². The van der Waals surface area contributed by atoms with Gasteiger partial charge in [-0.1, -0.05) is 18.2 Å². The van der Waals surface area contributed by atoms with Crippen LogP contribution in [0.2, 0.25) is 0 Å². The standard InChI is InChI=1S/C17H19N2O.BrH/c1-18-12-13-19(15-8-10-16(20-2)11-9-15)17(18)14-6-4-3-5-7-14;/h3-11H,12-13H2,1-2H3;1H/q+1;/p-1. The van der Waals surface area contributed by atoms with E-state index in [1.54, 1.807) is 7.11 Å². The van der Waals surface area contributed by atoms with Crippen LogP contribution in [-0.4, -0.2) is 37.7 Å². The van der Waals surface area contributed by atoms with Crippen LogP contribution in [-0.2, 0) is 0 Å². The summed E-state index contributed by atoms with van der Waals surface area (Å²) in [6.45, 7) is 2.04. The number of hydrogen-bond acceptors (Lipinski definition) is 2. The van der Waals surface area contributed by atoms with E-state index >= 15 is 0 Å². The molecule has 1 aliphatic heterocycles. The van der Waals surface area contributed by atoms with Crippen LogP contribution in [0, 0.1) is 0 Å². The van der Waals surface area contributed by atoms with Gasteiger partial charge < -0.3 is 21.7 Å². The molecule has 1 heterocycles. The quantitative estimate of drug-likeness (QED) is 0.703. The minimum Gasteiger partial charge on any atom is -1.00 e. The smallest absolute Gasteiger partial charge is 0.284 e. The van der Waals surface area contributed by atoms with Crippen LogP contribution >= 0.6 is 0 Å². The molecule has 3 rings (SSSR count). The van der Waals surface area contributed by atoms with Crippen LogP contribution in [0.1, 0.15) is 5.56 Å². The Morgan fingerprint density at radius 2 is 1.67 bits per heavy atom. The number of hydrogen-bond donors (Lipinski definition) is 0. The molecule has 2 aromatic rings. The zero-order chi connectivity index (χ0) is 13.9. The van der Waals surface area contributed by atoms with E-state index in [4.69, 9.17) is 4.74 Å². The number of benzene rings is 2. The van der Waals surface area contributed by atoms with Crippen LogP contribution in [0.15, 0.2) is 54.6 Å². The molecule has 0 amide bonds. The fraction of sp³-hybridized carbons (Fsp3) is 0.235. The monoisotopic (exact) mass is 346 g/mol. The van der Waals surface area contributed by atoms with E-state index in [1.165, 1.54) is 17.1 Å². The van der Waals surface area contributed by atoms with Gasteiger partial charge in [-0.2, -0.15) is 0 Å². The molecule has 0 spiro atoms. The van der Waals surface area contributed by atoms with Crippen LogP contribution < -0.4 is 26.6 Å². The van der Waals surface area contributed by atoms with Crippen molar-refractivity contribution in [2.75, 3.05) is 32.1 Å². The first-order valence-electron chi connectivity index (χ1n) is 6.84. The molecular formula is C17H19BrN2O. The maximum absolute atomic E-state index is 5.23. The lowest BCUT2D eigenvalue weighted by molar-refractivity contribution is -0.485. The Hall–Kier alpha value is -1.81. The third kappa shape index (κ3) is 3.10. The molecule has 110 valence electrons. The molecule has 21 heavy (non-hydrogen) atoms. The Kier molecular flexibility index (Phi) is 5.02. The minimum absolute atomic E-state index is 0. The van der Waals surface area contributed by atoms with Crippen molar-refractivity contribution in [1.82, 2.24) is 0 Å². The number of halogens is 1. The summed E-state index contributed by atoms with van der Waals surface area (Å²) in [6.07, 6.45) is 0. The summed E-state index contributed by atoms with van der Waals surface area (Å²) >= 11 is 0. The summed E-state index contributed by atoms with van der Waals surface area (Å²) in [7, 11) is 3.84. The lowest BCUT2D eigenvalue weighted by Crippen LogP contribution is -3.00. The zero-order valence-electron chi connectivity index (χ0n) is 12.3. The molecule has 0 bridgehead atoms. The van der Waals surface area contributed by atoms with Gasteiger partial charge in [0.25, 0.3) is 5.84 Å². The molecule has 0 unspecified atom stereocenters. The molecular weight excluding hydrogens is 328 g/mol. The van der Waals surface area contributed by atoms with Crippen molar-refractivity contribution < 1.29 is 26.3 Å². The van der Waals surface area contributed by atoms with E-state index < -0.39 is 0 Å². The largest absolute Gasteiger partial charge is 1.00 e. The zero-order valence-corrected chi connectivity index (χ0v) is 13.9. The molecule has 4 heteroatoms. The molecule has 0 saturated heterocycles. The van der Waals surface area contributed by atoms with Gasteiger partial charge in [-0.3, -0.25) is 4.58 Å². The summed E-state index contributed by atoms with van der Waals surface area (Å²) in [5.41, 5.74) is 2.46. The van der Waals surface area contributed by atoms with Gasteiger partial charge in [-0.05, 0) is 36.4 Å². The topological polar surface area (TPSA) is 15.5 Å². The maximum Gasteiger partial charge on any atom is 0.284 e. The number of likely N-dealkylation sites (N-methyl/N-ethyl adjacent to an activating group) is 1. The van der Waals surface area contributed by atoms with E-state index in [9.17, 15) is 0 Å². The third-order valence-electron chi connectivity index (χ3n) is 3.69. The summed E-state index contributed by atoms with van der Waals surface area (Å²) < 4.78 is 7.53. The number of nitrogens with zero attached hydrogens (tertiary/aromatic N) is 2. The second-order valence-corrected chi connectivity index (χ2v) is 4.96. The summed E-state index contributed by atoms with van der Waals surface area (Å²) in [6, 6.07) is 18.8. The summed E-state index contributed by atoms with van der Waals surface area (Å²) in [4.78, 5) is 2.36. The molecule has 0 atom stereocenters. The Morgan fingerprint density at radius 3 is 2.29 bits per heavy atom. The van der Waals surface area contributed by atoms with E-state index in [0.29, 0.717) is 0 Å². The van der Waals surface area contributed by atoms with E-state index in [0.717, 1.165) is 18.8 Å². The fourth-order valence-corrected chi connectivity index (χ4v) is 2.64. The average molecular weight is 347 g/mol. The molecule has 0 saturated carbocycles. The van der Waals surface area contributed by atoms with Crippen molar-refractivity contribution in [2.24, 2.45) is 0 Å². The lowest BCUT2D eigenvalue weighted by atomic mass is 10.2. The van der Waals surface area contributed by atoms with Crippen molar-refractivity contribution in [3.63, 3.8) is 0 Å². The first kappa shape index (κ1) is 15.6. The number of rotatable bonds is 3. The van der Waals surface area contributed by atoms with E-state index in [2.05, 4.69) is 59.0 Å². The molecule has 0 aromatic heterocycles. The highest BCUT2D eigenvalue weighted by Gasteiger charge is 2.31. The SMILES string of the molecule is COc1ccc(N2CC[N+](C)=C2c2ccccc2)cc1.[Br-]. The van der Waals surface area contributed by atoms with Crippen molar-refractivity contribution in [3.8, 4) is 5.75 Å². The second kappa shape index (κ2) is 6.76. The molecule has 2 aromatic carbocycles. The molecule has 0 aliphatic carbocycles. The lowest BCUT2D eigenvalue weighted by Gasteiger charge is -2.13. The fourth-order valence-electron chi connectivity index (χ4n) is 2.64. The molecule has 0 N–H and O–H groups in total. The van der Waals surface area contributed by atoms with Gasteiger partial charge in [0.15, 0.2) is 0 Å². The highest BCUT2D eigenvalue weighted by Crippen LogP contribution is 2.23. The first-order valence-corrected chi connectivity index (χ1v) is 6.84. The van der Waals surface area contributed by atoms with Crippen LogP contribution in [0.25, 0.3) is 0 Å².